The summed E-state index contributed by atoms with van der Waals surface area (Å²) in [5.41, 5.74) is 0.285. The second-order valence-corrected chi connectivity index (χ2v) is 10.7. The maximum absolute atomic E-state index is 11.6. The molecule has 0 aromatic carbocycles. The van der Waals surface area contributed by atoms with Crippen LogP contribution in [0.1, 0.15) is 83.4 Å². The van der Waals surface area contributed by atoms with Crippen LogP contribution >= 0.6 is 0 Å². The van der Waals surface area contributed by atoms with E-state index in [9.17, 15) is 9.59 Å². The van der Waals surface area contributed by atoms with E-state index in [1.54, 1.807) is 6.20 Å². The molecule has 3 N–H and O–H groups in total. The third-order valence-corrected chi connectivity index (χ3v) is 7.37. The third-order valence-electron chi connectivity index (χ3n) is 7.37. The molecule has 2 unspecified atom stereocenters. The largest absolute Gasteiger partial charge is 0.469 e. The molecule has 0 saturated carbocycles. The molecule has 3 heterocycles. The molecule has 220 valence electrons. The Hall–Kier alpha value is -2.05. The zero-order valence-corrected chi connectivity index (χ0v) is 23.6. The molecule has 2 saturated heterocycles. The van der Waals surface area contributed by atoms with Crippen LogP contribution in [-0.2, 0) is 30.0 Å². The molecule has 0 spiro atoms. The van der Waals surface area contributed by atoms with Gasteiger partial charge in [0, 0.05) is 18.4 Å². The van der Waals surface area contributed by atoms with Crippen LogP contribution in [0.2, 0.25) is 12.6 Å². The molecule has 1 aromatic heterocycles. The molecule has 1 aromatic rings. The summed E-state index contributed by atoms with van der Waals surface area (Å²) in [6.07, 6.45) is 8.89. The lowest BCUT2D eigenvalue weighted by Crippen LogP contribution is -2.45. The van der Waals surface area contributed by atoms with Crippen molar-refractivity contribution in [3.63, 3.8) is 0 Å². The van der Waals surface area contributed by atoms with Crippen LogP contribution in [0.3, 0.4) is 0 Å². The number of carbonyl (C=O) groups is 2. The number of rotatable bonds is 10. The van der Waals surface area contributed by atoms with E-state index in [-0.39, 0.29) is 49.4 Å². The Bertz CT molecular complexity index is 888. The molecule has 13 heteroatoms. The fourth-order valence-electron chi connectivity index (χ4n) is 4.55. The minimum Gasteiger partial charge on any atom is -0.469 e. The van der Waals surface area contributed by atoms with Crippen molar-refractivity contribution in [1.29, 1.82) is 0 Å². The highest BCUT2D eigenvalue weighted by atomic mass is 16.7. The first-order valence-corrected chi connectivity index (χ1v) is 13.3. The van der Waals surface area contributed by atoms with Gasteiger partial charge in [0.1, 0.15) is 0 Å². The van der Waals surface area contributed by atoms with E-state index in [0.29, 0.717) is 24.9 Å². The molecule has 0 aliphatic carbocycles. The number of carbonyl (C=O) groups excluding carboxylic acids is 2. The normalized spacial score (nSPS) is 21.2. The van der Waals surface area contributed by atoms with Crippen molar-refractivity contribution in [3.8, 4) is 0 Å². The quantitative estimate of drug-likeness (QED) is 0.291. The SMILES string of the molecule is C.COC(=O)C1CCCNC1CCCB(O)O.COC(=O)c1nccnc1CCCB1OC(C)(C)C(C)(C)O1. The number of aryl methyl sites for hydroxylation is 1. The van der Waals surface area contributed by atoms with Gasteiger partial charge in [-0.15, -0.1) is 0 Å². The van der Waals surface area contributed by atoms with Gasteiger partial charge in [-0.1, -0.05) is 13.8 Å². The molecular formula is C26H47B2N3O8. The van der Waals surface area contributed by atoms with Crippen LogP contribution in [0.4, 0.5) is 0 Å². The first-order chi connectivity index (χ1) is 17.9. The number of methoxy groups -OCH3 is 2. The predicted molar refractivity (Wildman–Crippen MR) is 150 cm³/mol. The summed E-state index contributed by atoms with van der Waals surface area (Å²) in [5, 5.41) is 20.8. The van der Waals surface area contributed by atoms with Gasteiger partial charge in [0.05, 0.1) is 37.0 Å². The zero-order chi connectivity index (χ0) is 28.3. The number of aromatic nitrogens is 2. The highest BCUT2D eigenvalue weighted by Crippen LogP contribution is 2.38. The molecule has 0 bridgehead atoms. The van der Waals surface area contributed by atoms with Crippen molar-refractivity contribution >= 4 is 26.2 Å². The summed E-state index contributed by atoms with van der Waals surface area (Å²) >= 11 is 0. The van der Waals surface area contributed by atoms with Gasteiger partial charge in [-0.3, -0.25) is 9.78 Å². The van der Waals surface area contributed by atoms with E-state index in [0.717, 1.165) is 38.5 Å². The molecule has 0 radical (unpaired) electrons. The van der Waals surface area contributed by atoms with Crippen LogP contribution in [0.15, 0.2) is 12.4 Å². The molecule has 2 fully saturated rings. The van der Waals surface area contributed by atoms with Crippen LogP contribution < -0.4 is 5.32 Å². The number of nitrogens with zero attached hydrogens (tertiary/aromatic N) is 2. The van der Waals surface area contributed by atoms with Gasteiger partial charge < -0.3 is 34.1 Å². The van der Waals surface area contributed by atoms with E-state index in [1.165, 1.54) is 20.4 Å². The van der Waals surface area contributed by atoms with Crippen molar-refractivity contribution in [3.05, 3.63) is 23.8 Å². The highest BCUT2D eigenvalue weighted by molar-refractivity contribution is 6.45. The van der Waals surface area contributed by atoms with Crippen LogP contribution in [0, 0.1) is 5.92 Å². The number of nitrogens with one attached hydrogen (secondary N) is 1. The maximum Gasteiger partial charge on any atom is 0.457 e. The number of esters is 2. The lowest BCUT2D eigenvalue weighted by molar-refractivity contribution is -0.147. The number of hydrogen-bond donors (Lipinski definition) is 3. The third kappa shape index (κ3) is 10.5. The Balaban J connectivity index is 0.000000399. The molecule has 2 aliphatic rings. The van der Waals surface area contributed by atoms with Gasteiger partial charge in [-0.25, -0.2) is 9.78 Å². The van der Waals surface area contributed by atoms with Gasteiger partial charge in [-0.05, 0) is 79.0 Å². The van der Waals surface area contributed by atoms with Gasteiger partial charge in [-0.2, -0.15) is 0 Å². The summed E-state index contributed by atoms with van der Waals surface area (Å²) in [4.78, 5) is 31.4. The van der Waals surface area contributed by atoms with E-state index in [2.05, 4.69) is 15.3 Å². The lowest BCUT2D eigenvalue weighted by atomic mass is 9.80. The predicted octanol–water partition coefficient (Wildman–Crippen LogP) is 2.70. The average molecular weight is 551 g/mol. The second-order valence-electron chi connectivity index (χ2n) is 10.7. The van der Waals surface area contributed by atoms with Crippen molar-refractivity contribution in [2.24, 2.45) is 5.92 Å². The molecule has 2 atom stereocenters. The zero-order valence-electron chi connectivity index (χ0n) is 23.6. The molecule has 0 amide bonds. The average Bonchev–Trinajstić information content (AvgIpc) is 3.09. The number of ether oxygens (including phenoxy) is 2. The van der Waals surface area contributed by atoms with Crippen LogP contribution in [0.5, 0.6) is 0 Å². The Morgan fingerprint density at radius 3 is 2.33 bits per heavy atom. The van der Waals surface area contributed by atoms with Gasteiger partial charge in [0.15, 0.2) is 5.69 Å². The smallest absolute Gasteiger partial charge is 0.457 e. The number of hydrogen-bond acceptors (Lipinski definition) is 11. The van der Waals surface area contributed by atoms with E-state index < -0.39 is 13.1 Å². The fraction of sp³-hybridized carbons (Fsp3) is 0.769. The molecule has 39 heavy (non-hydrogen) atoms. The van der Waals surface area contributed by atoms with Crippen molar-refractivity contribution < 1.29 is 38.4 Å². The Labute approximate surface area is 234 Å². The highest BCUT2D eigenvalue weighted by Gasteiger charge is 2.50. The Morgan fingerprint density at radius 2 is 1.74 bits per heavy atom. The van der Waals surface area contributed by atoms with Crippen molar-refractivity contribution in [2.45, 2.75) is 104 Å². The van der Waals surface area contributed by atoms with Gasteiger partial charge in [0.25, 0.3) is 0 Å². The second kappa shape index (κ2) is 16.3. The van der Waals surface area contributed by atoms with Crippen molar-refractivity contribution in [1.82, 2.24) is 15.3 Å². The van der Waals surface area contributed by atoms with Gasteiger partial charge >= 0.3 is 26.2 Å². The van der Waals surface area contributed by atoms with Crippen LogP contribution in [-0.4, -0.2) is 84.2 Å². The van der Waals surface area contributed by atoms with E-state index in [1.807, 2.05) is 27.7 Å². The Kier molecular flexibility index (Phi) is 14.6. The van der Waals surface area contributed by atoms with E-state index in [4.69, 9.17) is 28.8 Å². The summed E-state index contributed by atoms with van der Waals surface area (Å²) in [5.74, 6) is -0.713. The monoisotopic (exact) mass is 551 g/mol. The van der Waals surface area contributed by atoms with Crippen LogP contribution in [0.25, 0.3) is 0 Å². The topological polar surface area (TPSA) is 149 Å². The van der Waals surface area contributed by atoms with E-state index >= 15 is 0 Å². The molecular weight excluding hydrogens is 504 g/mol. The maximum atomic E-state index is 11.6. The number of piperidine rings is 1. The minimum atomic E-state index is -1.25. The standard InChI is InChI=1S/C15H23BN2O4.C10H20BNO4.CH4/c1-14(2)15(3,4)22-16(21-14)8-6-7-11-12(13(19)20-5)18-10-9-17-11;1-16-10(13)8-4-3-7-12-9(8)5-2-6-11(14)15;/h9-10H,6-8H2,1-5H3;8-9,12,14-15H,2-7H2,1H3;1H4. The summed E-state index contributed by atoms with van der Waals surface area (Å²) in [7, 11) is 1.26. The first-order valence-electron chi connectivity index (χ1n) is 13.3. The summed E-state index contributed by atoms with van der Waals surface area (Å²) in [6.45, 7) is 9.05. The fourth-order valence-corrected chi connectivity index (χ4v) is 4.55. The molecule has 2 aliphatic heterocycles. The van der Waals surface area contributed by atoms with Gasteiger partial charge in [0.2, 0.25) is 0 Å². The summed E-state index contributed by atoms with van der Waals surface area (Å²) < 4.78 is 21.4. The first kappa shape index (κ1) is 35.0. The summed E-state index contributed by atoms with van der Waals surface area (Å²) in [6, 6.07) is 0.111. The minimum absolute atomic E-state index is 0. The molecule has 3 rings (SSSR count). The van der Waals surface area contributed by atoms with Crippen molar-refractivity contribution in [2.75, 3.05) is 20.8 Å². The Morgan fingerprint density at radius 1 is 1.10 bits per heavy atom. The lowest BCUT2D eigenvalue weighted by Gasteiger charge is -2.32. The molecule has 11 nitrogen and oxygen atoms in total.